The summed E-state index contributed by atoms with van der Waals surface area (Å²) < 4.78 is 0. The maximum absolute atomic E-state index is 12.3. The molecule has 2 amide bonds. The first-order chi connectivity index (χ1) is 11.7. The maximum atomic E-state index is 12.3. The van der Waals surface area contributed by atoms with Gasteiger partial charge >= 0.3 is 0 Å². The summed E-state index contributed by atoms with van der Waals surface area (Å²) in [6, 6.07) is 4.13. The standard InChI is InChI=1S/C18H25N3O2S/c22-17(13-24-16-7-9-19-10-8-16)20-14-11-18(23)21(12-14)15-5-3-1-2-4-6-15/h7-10,14-15H,1-6,11-13H2,(H,20,22). The minimum atomic E-state index is -0.0358. The highest BCUT2D eigenvalue weighted by molar-refractivity contribution is 8.00. The van der Waals surface area contributed by atoms with Crippen molar-refractivity contribution in [2.45, 2.75) is 61.9 Å². The lowest BCUT2D eigenvalue weighted by atomic mass is 10.1. The van der Waals surface area contributed by atoms with Crippen LogP contribution in [0.25, 0.3) is 0 Å². The van der Waals surface area contributed by atoms with Crippen LogP contribution < -0.4 is 5.32 Å². The van der Waals surface area contributed by atoms with Crippen molar-refractivity contribution in [1.82, 2.24) is 15.2 Å². The van der Waals surface area contributed by atoms with Crippen molar-refractivity contribution < 1.29 is 9.59 Å². The highest BCUT2D eigenvalue weighted by Gasteiger charge is 2.34. The van der Waals surface area contributed by atoms with Gasteiger partial charge in [0, 0.05) is 36.3 Å². The molecule has 1 aromatic rings. The van der Waals surface area contributed by atoms with E-state index < -0.39 is 0 Å². The minimum absolute atomic E-state index is 0.00247. The van der Waals surface area contributed by atoms with E-state index in [-0.39, 0.29) is 17.9 Å². The summed E-state index contributed by atoms with van der Waals surface area (Å²) >= 11 is 1.49. The first-order valence-corrected chi connectivity index (χ1v) is 9.82. The Morgan fingerprint density at radius 3 is 2.62 bits per heavy atom. The Morgan fingerprint density at radius 2 is 1.92 bits per heavy atom. The summed E-state index contributed by atoms with van der Waals surface area (Å²) in [5.41, 5.74) is 0. The molecule has 2 fully saturated rings. The average molecular weight is 347 g/mol. The molecule has 5 nitrogen and oxygen atoms in total. The molecular formula is C18H25N3O2S. The molecule has 1 aromatic heterocycles. The van der Waals surface area contributed by atoms with Crippen molar-refractivity contribution in [3.05, 3.63) is 24.5 Å². The van der Waals surface area contributed by atoms with Crippen molar-refractivity contribution >= 4 is 23.6 Å². The molecule has 130 valence electrons. The van der Waals surface area contributed by atoms with E-state index in [2.05, 4.69) is 10.3 Å². The van der Waals surface area contributed by atoms with E-state index in [4.69, 9.17) is 0 Å². The van der Waals surface area contributed by atoms with Crippen molar-refractivity contribution in [3.8, 4) is 0 Å². The predicted octanol–water partition coefficient (Wildman–Crippen LogP) is 2.61. The number of nitrogens with zero attached hydrogens (tertiary/aromatic N) is 2. The molecule has 1 saturated carbocycles. The molecule has 1 aliphatic carbocycles. The number of pyridine rings is 1. The van der Waals surface area contributed by atoms with E-state index in [1.165, 1.54) is 37.4 Å². The second kappa shape index (κ2) is 8.51. The third-order valence-electron chi connectivity index (χ3n) is 4.81. The maximum Gasteiger partial charge on any atom is 0.230 e. The van der Waals surface area contributed by atoms with Gasteiger partial charge in [0.25, 0.3) is 0 Å². The Bertz CT molecular complexity index is 559. The second-order valence-corrected chi connectivity index (χ2v) is 7.68. The van der Waals surface area contributed by atoms with E-state index in [0.717, 1.165) is 17.7 Å². The molecule has 0 radical (unpaired) electrons. The van der Waals surface area contributed by atoms with Gasteiger partial charge in [-0.15, -0.1) is 11.8 Å². The first kappa shape index (κ1) is 17.3. The smallest absolute Gasteiger partial charge is 0.230 e. The van der Waals surface area contributed by atoms with Crippen LogP contribution >= 0.6 is 11.8 Å². The number of likely N-dealkylation sites (tertiary alicyclic amines) is 1. The van der Waals surface area contributed by atoms with Crippen LogP contribution in [0.4, 0.5) is 0 Å². The predicted molar refractivity (Wildman–Crippen MR) is 94.7 cm³/mol. The van der Waals surface area contributed by atoms with Crippen molar-refractivity contribution in [3.63, 3.8) is 0 Å². The number of carbonyl (C=O) groups excluding carboxylic acids is 2. The number of carbonyl (C=O) groups is 2. The highest BCUT2D eigenvalue weighted by Crippen LogP contribution is 2.26. The van der Waals surface area contributed by atoms with E-state index in [1.807, 2.05) is 17.0 Å². The van der Waals surface area contributed by atoms with Crippen LogP contribution in [0.5, 0.6) is 0 Å². The van der Waals surface area contributed by atoms with Gasteiger partial charge in [-0.3, -0.25) is 14.6 Å². The second-order valence-electron chi connectivity index (χ2n) is 6.63. The summed E-state index contributed by atoms with van der Waals surface area (Å²) in [7, 11) is 0. The van der Waals surface area contributed by atoms with Gasteiger partial charge in [-0.2, -0.15) is 0 Å². The summed E-state index contributed by atoms with van der Waals surface area (Å²) in [5, 5.41) is 3.03. The molecule has 0 bridgehead atoms. The number of thioether (sulfide) groups is 1. The molecule has 1 aliphatic heterocycles. The number of hydrogen-bond acceptors (Lipinski definition) is 4. The molecule has 2 aliphatic rings. The molecular weight excluding hydrogens is 322 g/mol. The van der Waals surface area contributed by atoms with Crippen LogP contribution in [-0.4, -0.2) is 46.1 Å². The molecule has 6 heteroatoms. The van der Waals surface area contributed by atoms with Gasteiger partial charge in [-0.25, -0.2) is 0 Å². The molecule has 1 unspecified atom stereocenters. The molecule has 1 atom stereocenters. The zero-order valence-electron chi connectivity index (χ0n) is 13.9. The van der Waals surface area contributed by atoms with Gasteiger partial charge in [-0.05, 0) is 25.0 Å². The third-order valence-corrected chi connectivity index (χ3v) is 5.82. The quantitative estimate of drug-likeness (QED) is 0.657. The lowest BCUT2D eigenvalue weighted by Crippen LogP contribution is -2.41. The fraction of sp³-hybridized carbons (Fsp3) is 0.611. The Kier molecular flexibility index (Phi) is 6.12. The fourth-order valence-electron chi connectivity index (χ4n) is 3.60. The van der Waals surface area contributed by atoms with Crippen LogP contribution in [0.1, 0.15) is 44.9 Å². The van der Waals surface area contributed by atoms with Crippen LogP contribution in [0, 0.1) is 0 Å². The largest absolute Gasteiger partial charge is 0.350 e. The molecule has 0 aromatic carbocycles. The van der Waals surface area contributed by atoms with Crippen molar-refractivity contribution in [2.75, 3.05) is 12.3 Å². The SMILES string of the molecule is O=C(CSc1ccncc1)NC1CC(=O)N(C2CCCCCC2)C1. The average Bonchev–Trinajstić information content (AvgIpc) is 2.79. The minimum Gasteiger partial charge on any atom is -0.350 e. The third kappa shape index (κ3) is 4.72. The van der Waals surface area contributed by atoms with Gasteiger partial charge in [-0.1, -0.05) is 25.7 Å². The monoisotopic (exact) mass is 347 g/mol. The molecule has 0 spiro atoms. The van der Waals surface area contributed by atoms with Gasteiger partial charge in [0.05, 0.1) is 11.8 Å². The Labute approximate surface area is 147 Å². The summed E-state index contributed by atoms with van der Waals surface area (Å²) in [6.07, 6.45) is 11.1. The molecule has 1 saturated heterocycles. The van der Waals surface area contributed by atoms with Crippen molar-refractivity contribution in [2.24, 2.45) is 0 Å². The summed E-state index contributed by atoms with van der Waals surface area (Å²) in [5.74, 6) is 0.573. The van der Waals surface area contributed by atoms with Gasteiger partial charge in [0.2, 0.25) is 11.8 Å². The lowest BCUT2D eigenvalue weighted by Gasteiger charge is -2.27. The molecule has 3 rings (SSSR count). The molecule has 24 heavy (non-hydrogen) atoms. The Balaban J connectivity index is 1.46. The van der Waals surface area contributed by atoms with Gasteiger partial charge < -0.3 is 10.2 Å². The van der Waals surface area contributed by atoms with Gasteiger partial charge in [0.1, 0.15) is 0 Å². The fourth-order valence-corrected chi connectivity index (χ4v) is 4.30. The number of amides is 2. The zero-order valence-corrected chi connectivity index (χ0v) is 14.8. The van der Waals surface area contributed by atoms with Crippen LogP contribution in [0.15, 0.2) is 29.4 Å². The lowest BCUT2D eigenvalue weighted by molar-refractivity contribution is -0.129. The number of nitrogens with one attached hydrogen (secondary N) is 1. The topological polar surface area (TPSA) is 62.3 Å². The van der Waals surface area contributed by atoms with Crippen LogP contribution in [-0.2, 0) is 9.59 Å². The highest BCUT2D eigenvalue weighted by atomic mass is 32.2. The van der Waals surface area contributed by atoms with E-state index in [0.29, 0.717) is 24.8 Å². The Morgan fingerprint density at radius 1 is 1.21 bits per heavy atom. The zero-order chi connectivity index (χ0) is 16.8. The van der Waals surface area contributed by atoms with Crippen molar-refractivity contribution in [1.29, 1.82) is 0 Å². The Hall–Kier alpha value is -1.56. The van der Waals surface area contributed by atoms with E-state index >= 15 is 0 Å². The van der Waals surface area contributed by atoms with Crippen LogP contribution in [0.2, 0.25) is 0 Å². The van der Waals surface area contributed by atoms with Crippen LogP contribution in [0.3, 0.4) is 0 Å². The van der Waals surface area contributed by atoms with Gasteiger partial charge in [0.15, 0.2) is 0 Å². The molecule has 2 heterocycles. The van der Waals surface area contributed by atoms with E-state index in [9.17, 15) is 9.59 Å². The normalized spacial score (nSPS) is 22.4. The summed E-state index contributed by atoms with van der Waals surface area (Å²) in [6.45, 7) is 0.676. The number of rotatable bonds is 5. The summed E-state index contributed by atoms with van der Waals surface area (Å²) in [4.78, 5) is 31.5. The first-order valence-electron chi connectivity index (χ1n) is 8.84. The number of aromatic nitrogens is 1. The molecule has 1 N–H and O–H groups in total. The number of hydrogen-bond donors (Lipinski definition) is 1. The van der Waals surface area contributed by atoms with E-state index in [1.54, 1.807) is 12.4 Å².